The van der Waals surface area contributed by atoms with Crippen molar-refractivity contribution < 1.29 is 4.79 Å². The lowest BCUT2D eigenvalue weighted by Crippen LogP contribution is -2.10. The smallest absolute Gasteiger partial charge is 0.265 e. The fourth-order valence-electron chi connectivity index (χ4n) is 1.25. The molecule has 17 heavy (non-hydrogen) atoms. The van der Waals surface area contributed by atoms with Gasteiger partial charge in [-0.25, -0.2) is 0 Å². The second kappa shape index (κ2) is 5.20. The van der Waals surface area contributed by atoms with Crippen molar-refractivity contribution in [3.05, 3.63) is 43.5 Å². The van der Waals surface area contributed by atoms with Crippen LogP contribution >= 0.6 is 43.2 Å². The molecule has 1 heterocycles. The first kappa shape index (κ1) is 12.6. The van der Waals surface area contributed by atoms with Crippen LogP contribution in [0.25, 0.3) is 0 Å². The molecule has 1 aromatic carbocycles. The molecule has 0 bridgehead atoms. The van der Waals surface area contributed by atoms with Gasteiger partial charge in [-0.15, -0.1) is 11.3 Å². The van der Waals surface area contributed by atoms with Crippen LogP contribution in [-0.2, 0) is 0 Å². The molecule has 0 aliphatic rings. The van der Waals surface area contributed by atoms with E-state index in [0.29, 0.717) is 16.3 Å². The molecule has 0 saturated carbocycles. The molecule has 88 valence electrons. The van der Waals surface area contributed by atoms with Crippen molar-refractivity contribution in [3.63, 3.8) is 0 Å². The van der Waals surface area contributed by atoms with Crippen LogP contribution in [0.1, 0.15) is 9.67 Å². The van der Waals surface area contributed by atoms with Crippen molar-refractivity contribution in [1.82, 2.24) is 0 Å². The van der Waals surface area contributed by atoms with Gasteiger partial charge < -0.3 is 11.1 Å². The highest BCUT2D eigenvalue weighted by molar-refractivity contribution is 9.11. The molecule has 0 saturated heterocycles. The summed E-state index contributed by atoms with van der Waals surface area (Å²) in [5.41, 5.74) is 6.98. The highest BCUT2D eigenvalue weighted by Crippen LogP contribution is 2.27. The van der Waals surface area contributed by atoms with E-state index in [1.54, 1.807) is 24.3 Å². The summed E-state index contributed by atoms with van der Waals surface area (Å²) in [6, 6.07) is 8.87. The van der Waals surface area contributed by atoms with Crippen LogP contribution in [0, 0.1) is 0 Å². The number of amides is 1. The van der Waals surface area contributed by atoms with E-state index in [2.05, 4.69) is 37.2 Å². The van der Waals surface area contributed by atoms with E-state index in [4.69, 9.17) is 5.73 Å². The largest absolute Gasteiger partial charge is 0.399 e. The van der Waals surface area contributed by atoms with Crippen LogP contribution in [0.15, 0.2) is 38.6 Å². The van der Waals surface area contributed by atoms with Crippen molar-refractivity contribution >= 4 is 60.5 Å². The van der Waals surface area contributed by atoms with Crippen LogP contribution in [0.5, 0.6) is 0 Å². The lowest BCUT2D eigenvalue weighted by Gasteiger charge is -2.06. The number of nitrogen functional groups attached to an aromatic ring is 1. The highest BCUT2D eigenvalue weighted by Gasteiger charge is 2.10. The monoisotopic (exact) mass is 374 g/mol. The molecule has 6 heteroatoms. The van der Waals surface area contributed by atoms with Crippen LogP contribution in [-0.4, -0.2) is 5.91 Å². The first-order chi connectivity index (χ1) is 8.06. The average molecular weight is 376 g/mol. The Bertz CT molecular complexity index is 568. The average Bonchev–Trinajstić information content (AvgIpc) is 2.69. The fraction of sp³-hybridized carbons (Fsp3) is 0. The van der Waals surface area contributed by atoms with Gasteiger partial charge >= 0.3 is 0 Å². The molecule has 1 amide bonds. The summed E-state index contributed by atoms with van der Waals surface area (Å²) in [5.74, 6) is -0.133. The second-order valence-electron chi connectivity index (χ2n) is 3.30. The minimum absolute atomic E-state index is 0.133. The van der Waals surface area contributed by atoms with Gasteiger partial charge in [0, 0.05) is 10.2 Å². The second-order valence-corrected chi connectivity index (χ2v) is 6.61. The summed E-state index contributed by atoms with van der Waals surface area (Å²) in [5, 5.41) is 2.82. The minimum Gasteiger partial charge on any atom is -0.399 e. The Morgan fingerprint density at radius 3 is 2.59 bits per heavy atom. The van der Waals surface area contributed by atoms with Crippen molar-refractivity contribution in [2.75, 3.05) is 11.1 Å². The Kier molecular flexibility index (Phi) is 3.86. The molecule has 0 radical (unpaired) electrons. The zero-order valence-electron chi connectivity index (χ0n) is 8.54. The van der Waals surface area contributed by atoms with Crippen molar-refractivity contribution in [2.45, 2.75) is 0 Å². The number of carbonyl (C=O) groups excluding carboxylic acids is 1. The molecule has 3 nitrogen and oxygen atoms in total. The van der Waals surface area contributed by atoms with E-state index >= 15 is 0 Å². The number of carbonyl (C=O) groups is 1. The molecule has 3 N–H and O–H groups in total. The van der Waals surface area contributed by atoms with E-state index in [1.807, 2.05) is 6.07 Å². The number of thiophene rings is 1. The van der Waals surface area contributed by atoms with Gasteiger partial charge in [0.2, 0.25) is 0 Å². The zero-order valence-corrected chi connectivity index (χ0v) is 12.5. The van der Waals surface area contributed by atoms with Gasteiger partial charge in [-0.3, -0.25) is 4.79 Å². The third kappa shape index (κ3) is 3.08. The Balaban J connectivity index is 2.18. The Labute approximate surface area is 119 Å². The van der Waals surface area contributed by atoms with Gasteiger partial charge in [-0.05, 0) is 62.2 Å². The summed E-state index contributed by atoms with van der Waals surface area (Å²) in [6.07, 6.45) is 0. The van der Waals surface area contributed by atoms with Gasteiger partial charge in [0.1, 0.15) is 0 Å². The van der Waals surface area contributed by atoms with E-state index in [1.165, 1.54) is 11.3 Å². The predicted molar refractivity (Wildman–Crippen MR) is 78.5 cm³/mol. The zero-order chi connectivity index (χ0) is 12.4. The van der Waals surface area contributed by atoms with Gasteiger partial charge in [-0.2, -0.15) is 0 Å². The molecule has 0 unspecified atom stereocenters. The number of nitrogens with two attached hydrogens (primary N) is 1. The Morgan fingerprint density at radius 2 is 2.00 bits per heavy atom. The maximum Gasteiger partial charge on any atom is 0.265 e. The Hall–Kier alpha value is -0.850. The molecule has 0 spiro atoms. The molecule has 2 rings (SSSR count). The van der Waals surface area contributed by atoms with Gasteiger partial charge in [0.25, 0.3) is 5.91 Å². The first-order valence-electron chi connectivity index (χ1n) is 4.68. The number of hydrogen-bond acceptors (Lipinski definition) is 3. The molecular weight excluding hydrogens is 368 g/mol. The van der Waals surface area contributed by atoms with Crippen LogP contribution < -0.4 is 11.1 Å². The van der Waals surface area contributed by atoms with Gasteiger partial charge in [0.15, 0.2) is 0 Å². The third-order valence-electron chi connectivity index (χ3n) is 2.04. The summed E-state index contributed by atoms with van der Waals surface area (Å²) in [7, 11) is 0. The number of anilines is 2. The minimum atomic E-state index is -0.133. The van der Waals surface area contributed by atoms with Gasteiger partial charge in [0.05, 0.1) is 14.4 Å². The highest BCUT2D eigenvalue weighted by atomic mass is 79.9. The topological polar surface area (TPSA) is 55.1 Å². The normalized spacial score (nSPS) is 10.2. The van der Waals surface area contributed by atoms with Crippen molar-refractivity contribution in [3.8, 4) is 0 Å². The first-order valence-corrected chi connectivity index (χ1v) is 7.08. The van der Waals surface area contributed by atoms with Crippen molar-refractivity contribution in [1.29, 1.82) is 0 Å². The van der Waals surface area contributed by atoms with Crippen LogP contribution in [0.2, 0.25) is 0 Å². The predicted octanol–water partition coefficient (Wildman–Crippen LogP) is 4.11. The standard InChI is InChI=1S/C11H8Br2N2OS/c12-7-5-6(14)1-2-8(7)15-11(16)9-3-4-10(13)17-9/h1-5H,14H2,(H,15,16). The molecular formula is C11H8Br2N2OS. The number of hydrogen-bond donors (Lipinski definition) is 2. The summed E-state index contributed by atoms with van der Waals surface area (Å²) >= 11 is 8.06. The molecule has 1 aromatic heterocycles. The number of halogens is 2. The van der Waals surface area contributed by atoms with Crippen LogP contribution in [0.4, 0.5) is 11.4 Å². The Morgan fingerprint density at radius 1 is 1.24 bits per heavy atom. The number of benzene rings is 1. The third-order valence-corrected chi connectivity index (χ3v) is 4.32. The van der Waals surface area contributed by atoms with E-state index in [9.17, 15) is 4.79 Å². The number of rotatable bonds is 2. The number of nitrogens with one attached hydrogen (secondary N) is 1. The molecule has 0 atom stereocenters. The summed E-state index contributed by atoms with van der Waals surface area (Å²) in [6.45, 7) is 0. The molecule has 2 aromatic rings. The van der Waals surface area contributed by atoms with E-state index in [0.717, 1.165) is 8.26 Å². The molecule has 0 aliphatic carbocycles. The lowest BCUT2D eigenvalue weighted by molar-refractivity contribution is 0.103. The quantitative estimate of drug-likeness (QED) is 0.776. The SMILES string of the molecule is Nc1ccc(NC(=O)c2ccc(Br)s2)c(Br)c1. The lowest BCUT2D eigenvalue weighted by atomic mass is 10.3. The summed E-state index contributed by atoms with van der Waals surface area (Å²) < 4.78 is 1.69. The molecule has 0 aliphatic heterocycles. The van der Waals surface area contributed by atoms with E-state index < -0.39 is 0 Å². The maximum absolute atomic E-state index is 11.9. The maximum atomic E-state index is 11.9. The summed E-state index contributed by atoms with van der Waals surface area (Å²) in [4.78, 5) is 12.5. The van der Waals surface area contributed by atoms with Gasteiger partial charge in [-0.1, -0.05) is 0 Å². The van der Waals surface area contributed by atoms with Crippen molar-refractivity contribution in [2.24, 2.45) is 0 Å². The fourth-order valence-corrected chi connectivity index (χ4v) is 3.03. The van der Waals surface area contributed by atoms with E-state index in [-0.39, 0.29) is 5.91 Å². The van der Waals surface area contributed by atoms with Crippen LogP contribution in [0.3, 0.4) is 0 Å². The molecule has 0 fully saturated rings.